The second-order valence-electron chi connectivity index (χ2n) is 16.2. The Morgan fingerprint density at radius 1 is 0.348 bits per heavy atom. The van der Waals surface area contributed by atoms with Gasteiger partial charge in [0.05, 0.1) is 89.8 Å². The average Bonchev–Trinajstić information content (AvgIpc) is 1.13. The number of hydrogen-bond acceptors (Lipinski definition) is 4. The fraction of sp³-hybridized carbons (Fsp3) is 0.0164. The third kappa shape index (κ3) is 4.97. The van der Waals surface area contributed by atoms with Gasteiger partial charge in [0.2, 0.25) is 0 Å². The summed E-state index contributed by atoms with van der Waals surface area (Å²) in [4.78, 5) is 0. The van der Waals surface area contributed by atoms with Gasteiger partial charge in [-0.05, 0) is 77.1 Å². The summed E-state index contributed by atoms with van der Waals surface area (Å²) in [5.41, 5.74) is -10.7. The average molecular weight is 916 g/mol. The Balaban J connectivity index is 1.29. The number of para-hydroxylation sites is 7. The molecule has 0 saturated carbocycles. The van der Waals surface area contributed by atoms with Gasteiger partial charge in [0.15, 0.2) is 0 Å². The standard InChI is InChI=1S/C61H36B2N2O4/c1-35-30-31-53-43(32-35)63-42-22-8-15-29-52(42)69-61-57(49(34-55(67-53)59(61)63)65-46-25-11-4-18-38(46)39-19-5-12-26-47(39)65)56-48(64-44-23-9-2-16-36(44)37-17-3-10-24-45(37)64)33-54-58-60(56)68-51-28-14-7-21-41(51)62(58)40-20-6-13-27-50(40)66-54/h2-34H,1H3/i2D,3D,4D,5D,6D,7D,8D,9D,10D,11D,12D,13D,14D,15D,16D,17D,18D,19D,20D,21D,22D,23D,24D,25D,26D,27D,28D,29D,30D,31D,32D,33D,34D. The Labute approximate surface area is 443 Å². The Morgan fingerprint density at radius 2 is 0.696 bits per heavy atom. The summed E-state index contributed by atoms with van der Waals surface area (Å²) >= 11 is 0. The van der Waals surface area contributed by atoms with Crippen LogP contribution < -0.4 is 51.7 Å². The first-order valence-corrected chi connectivity index (χ1v) is 21.0. The van der Waals surface area contributed by atoms with Gasteiger partial charge in [-0.2, -0.15) is 0 Å². The number of fused-ring (bicyclic) bond motifs is 14. The van der Waals surface area contributed by atoms with Crippen LogP contribution in [0.1, 0.15) is 50.8 Å². The Kier molecular flexibility index (Phi) is 3.55. The quantitative estimate of drug-likeness (QED) is 0.166. The maximum absolute atomic E-state index is 11.1. The molecule has 0 radical (unpaired) electrons. The fourth-order valence-electron chi connectivity index (χ4n) is 10.0. The highest BCUT2D eigenvalue weighted by Gasteiger charge is 2.47. The smallest absolute Gasteiger partial charge is 0.260 e. The van der Waals surface area contributed by atoms with Crippen molar-refractivity contribution in [3.63, 3.8) is 0 Å². The van der Waals surface area contributed by atoms with Crippen molar-refractivity contribution in [1.82, 2.24) is 9.13 Å². The van der Waals surface area contributed by atoms with E-state index in [-0.39, 0.29) is 5.56 Å². The molecule has 0 aliphatic carbocycles. The van der Waals surface area contributed by atoms with Crippen molar-refractivity contribution in [3.05, 3.63) is 205 Å². The van der Waals surface area contributed by atoms with Crippen LogP contribution >= 0.6 is 0 Å². The fourth-order valence-corrected chi connectivity index (χ4v) is 10.0. The third-order valence-corrected chi connectivity index (χ3v) is 12.7. The van der Waals surface area contributed by atoms with Crippen molar-refractivity contribution in [2.45, 2.75) is 6.92 Å². The zero-order valence-corrected chi connectivity index (χ0v) is 34.7. The minimum atomic E-state index is -2.07. The van der Waals surface area contributed by atoms with E-state index in [0.717, 1.165) is 9.13 Å². The molecule has 8 heteroatoms. The van der Waals surface area contributed by atoms with E-state index in [4.69, 9.17) is 34.0 Å². The maximum atomic E-state index is 11.1. The van der Waals surface area contributed by atoms with Crippen LogP contribution in [-0.4, -0.2) is 22.6 Å². The first-order chi connectivity index (χ1) is 47.9. The number of aromatic nitrogens is 2. The van der Waals surface area contributed by atoms with Gasteiger partial charge in [0, 0.05) is 44.6 Å². The van der Waals surface area contributed by atoms with E-state index in [1.54, 1.807) is 0 Å². The van der Waals surface area contributed by atoms with Gasteiger partial charge < -0.3 is 28.1 Å². The molecule has 6 heterocycles. The van der Waals surface area contributed by atoms with Gasteiger partial charge in [-0.1, -0.05) is 145 Å². The molecule has 0 fully saturated rings. The highest BCUT2D eigenvalue weighted by molar-refractivity contribution is 6.99. The Morgan fingerprint density at radius 3 is 1.13 bits per heavy atom. The summed E-state index contributed by atoms with van der Waals surface area (Å²) < 4.78 is 342. The van der Waals surface area contributed by atoms with Crippen LogP contribution in [0.15, 0.2) is 199 Å². The lowest BCUT2D eigenvalue weighted by atomic mass is 9.34. The summed E-state index contributed by atoms with van der Waals surface area (Å²) in [5, 5.41) is -2.70. The molecule has 10 aromatic carbocycles. The number of rotatable bonds is 3. The highest BCUT2D eigenvalue weighted by atomic mass is 16.5. The van der Waals surface area contributed by atoms with Gasteiger partial charge >= 0.3 is 0 Å². The molecule has 0 spiro atoms. The van der Waals surface area contributed by atoms with Crippen molar-refractivity contribution in [2.24, 2.45) is 0 Å². The second kappa shape index (κ2) is 13.6. The van der Waals surface area contributed by atoms with Crippen molar-refractivity contribution < 1.29 is 64.2 Å². The molecule has 0 atom stereocenters. The monoisotopic (exact) mass is 915 g/mol. The van der Waals surface area contributed by atoms with Crippen molar-refractivity contribution in [3.8, 4) is 68.5 Å². The van der Waals surface area contributed by atoms with Gasteiger partial charge in [-0.3, -0.25) is 0 Å². The predicted molar refractivity (Wildman–Crippen MR) is 281 cm³/mol. The predicted octanol–water partition coefficient (Wildman–Crippen LogP) is 11.3. The summed E-state index contributed by atoms with van der Waals surface area (Å²) in [6.07, 6.45) is 0. The first kappa shape index (κ1) is 18.0. The molecule has 0 saturated heterocycles. The van der Waals surface area contributed by atoms with Gasteiger partial charge in [0.1, 0.15) is 46.0 Å². The van der Waals surface area contributed by atoms with Crippen LogP contribution in [-0.2, 0) is 0 Å². The van der Waals surface area contributed by atoms with Gasteiger partial charge in [0.25, 0.3) is 13.4 Å². The zero-order valence-electron chi connectivity index (χ0n) is 67.7. The van der Waals surface area contributed by atoms with Gasteiger partial charge in [-0.25, -0.2) is 0 Å². The van der Waals surface area contributed by atoms with Crippen LogP contribution in [0.5, 0.6) is 46.0 Å². The molecule has 0 N–H and O–H groups in total. The minimum Gasteiger partial charge on any atom is -0.458 e. The summed E-state index contributed by atoms with van der Waals surface area (Å²) in [5.74, 6) is -6.72. The van der Waals surface area contributed by atoms with E-state index in [0.29, 0.717) is 0 Å². The number of nitrogens with zero attached hydrogens (tertiary/aromatic N) is 2. The summed E-state index contributed by atoms with van der Waals surface area (Å²) in [7, 11) is 0. The van der Waals surface area contributed by atoms with Crippen LogP contribution in [0.4, 0.5) is 0 Å². The van der Waals surface area contributed by atoms with Crippen LogP contribution in [0.2, 0.25) is 0 Å². The Bertz CT molecular complexity index is 5670. The minimum absolute atomic E-state index is 0.209. The lowest BCUT2D eigenvalue weighted by Crippen LogP contribution is -2.58. The van der Waals surface area contributed by atoms with E-state index >= 15 is 0 Å². The lowest BCUT2D eigenvalue weighted by Gasteiger charge is -2.38. The molecule has 4 aliphatic rings. The first-order valence-electron chi connectivity index (χ1n) is 37.5. The topological polar surface area (TPSA) is 46.8 Å². The largest absolute Gasteiger partial charge is 0.458 e. The number of hydrogen-bond donors (Lipinski definition) is 0. The summed E-state index contributed by atoms with van der Waals surface area (Å²) in [6.45, 7) is -2.76. The molecule has 2 aromatic heterocycles. The number of ether oxygens (including phenoxy) is 4. The van der Waals surface area contributed by atoms with Crippen molar-refractivity contribution in [2.75, 3.05) is 0 Å². The lowest BCUT2D eigenvalue weighted by molar-refractivity contribution is 0.460. The van der Waals surface area contributed by atoms with Crippen molar-refractivity contribution in [1.29, 1.82) is 0 Å². The van der Waals surface area contributed by atoms with Gasteiger partial charge in [-0.15, -0.1) is 0 Å². The molecule has 0 amide bonds. The molecular weight excluding hydrogens is 846 g/mol. The van der Waals surface area contributed by atoms with Crippen molar-refractivity contribution >= 4 is 89.8 Å². The maximum Gasteiger partial charge on any atom is 0.260 e. The van der Waals surface area contributed by atoms with E-state index in [2.05, 4.69) is 0 Å². The van der Waals surface area contributed by atoms with E-state index in [1.807, 2.05) is 0 Å². The van der Waals surface area contributed by atoms with E-state index in [1.165, 1.54) is 6.92 Å². The third-order valence-electron chi connectivity index (χ3n) is 12.7. The second-order valence-corrected chi connectivity index (χ2v) is 16.2. The zero-order chi connectivity index (χ0) is 73.8. The number of benzene rings is 10. The van der Waals surface area contributed by atoms with Crippen LogP contribution in [0.3, 0.4) is 0 Å². The van der Waals surface area contributed by atoms with E-state index < -0.39 is 358 Å². The molecular formula is C61H36B2N2O4. The molecule has 320 valence electrons. The SMILES string of the molecule is [2H]c1c([2H])c([2H])c2c(c1[2H])Oc1c([2H])c(-n3c4c([2H])c([2H])c([2H])c([2H])c4c4c([2H])c([2H])c([2H])c([2H])c43)c(-c3c4c5c(c([2H])c3-n3c6c([2H])c([2H])c([2H])c([2H])c6c6c([2H])c([2H])c([2H])c([2H])c63)Oc3c([2H])c([2H])c(C)c([2H])c3B5c3c([2H])c([2H])c([2H])c([2H])c3O4)c3c1B2c1c([2H])c([2H])c([2H])c([2H])c1O3. The molecule has 0 unspecified atom stereocenters. The van der Waals surface area contributed by atoms with Crippen LogP contribution in [0.25, 0.3) is 66.1 Å². The highest BCUT2D eigenvalue weighted by Crippen LogP contribution is 2.54. The van der Waals surface area contributed by atoms with E-state index in [9.17, 15) is 30.2 Å². The molecule has 69 heavy (non-hydrogen) atoms. The summed E-state index contributed by atoms with van der Waals surface area (Å²) in [6, 6.07) is -31.8. The Hall–Kier alpha value is -8.87. The normalized spacial score (nSPS) is 20.1. The van der Waals surface area contributed by atoms with Crippen LogP contribution in [0, 0.1) is 6.92 Å². The molecule has 4 aliphatic heterocycles. The molecule has 0 bridgehead atoms. The molecule has 6 nitrogen and oxygen atoms in total. The molecule has 12 aromatic rings. The molecule has 16 rings (SSSR count).